The van der Waals surface area contributed by atoms with Crippen LogP contribution in [0.2, 0.25) is 0 Å². The zero-order valence-corrected chi connectivity index (χ0v) is 27.9. The molecule has 0 atom stereocenters. The minimum absolute atomic E-state index is 0.0401. The molecule has 2 rings (SSSR count). The second kappa shape index (κ2) is 25.5. The van der Waals surface area contributed by atoms with Crippen molar-refractivity contribution >= 4 is 23.6 Å². The van der Waals surface area contributed by atoms with Crippen LogP contribution < -0.4 is 4.74 Å². The Balaban J connectivity index is 1.43. The Bertz CT molecular complexity index is 932. The summed E-state index contributed by atoms with van der Waals surface area (Å²) in [6, 6.07) is 16.0. The molecule has 234 valence electrons. The Labute approximate surface area is 263 Å². The molecule has 0 bridgehead atoms. The van der Waals surface area contributed by atoms with Gasteiger partial charge in [0.25, 0.3) is 0 Å². The van der Waals surface area contributed by atoms with Crippen molar-refractivity contribution in [3.8, 4) is 5.75 Å². The second-order valence-corrected chi connectivity index (χ2v) is 13.0. The number of benzene rings is 2. The number of hydrogen-bond acceptors (Lipinski definition) is 3. The molecule has 42 heavy (non-hydrogen) atoms. The third-order valence-corrected chi connectivity index (χ3v) is 9.08. The van der Waals surface area contributed by atoms with Gasteiger partial charge in [0.2, 0.25) is 0 Å². The highest BCUT2D eigenvalue weighted by atomic mass is 32.2. The van der Waals surface area contributed by atoms with Gasteiger partial charge in [-0.05, 0) is 66.6 Å². The fraction of sp³-hybridized carbons (Fsp3) is 0.615. The van der Waals surface area contributed by atoms with Crippen molar-refractivity contribution in [2.75, 3.05) is 12.4 Å². The summed E-state index contributed by atoms with van der Waals surface area (Å²) in [6.45, 7) is 5.20. The van der Waals surface area contributed by atoms with Gasteiger partial charge in [0.1, 0.15) is 5.75 Å². The van der Waals surface area contributed by atoms with Crippen molar-refractivity contribution in [1.82, 2.24) is 0 Å². The van der Waals surface area contributed by atoms with Gasteiger partial charge in [-0.25, -0.2) is 0 Å². The zero-order valence-electron chi connectivity index (χ0n) is 27.1. The predicted molar refractivity (Wildman–Crippen MR) is 186 cm³/mol. The highest BCUT2D eigenvalue weighted by molar-refractivity contribution is 7.99. The monoisotopic (exact) mass is 592 g/mol. The topological polar surface area (TPSA) is 26.3 Å². The number of thioether (sulfide) groups is 1. The molecule has 0 aliphatic heterocycles. The summed E-state index contributed by atoms with van der Waals surface area (Å²) in [5, 5.41) is 0. The summed E-state index contributed by atoms with van der Waals surface area (Å²) in [4.78, 5) is 13.8. The van der Waals surface area contributed by atoms with Crippen LogP contribution in [-0.2, 0) is 0 Å². The molecule has 0 fully saturated rings. The van der Waals surface area contributed by atoms with E-state index in [9.17, 15) is 4.79 Å². The maximum absolute atomic E-state index is 12.6. The lowest BCUT2D eigenvalue weighted by Crippen LogP contribution is -1.96. The minimum atomic E-state index is 0.0401. The van der Waals surface area contributed by atoms with E-state index >= 15 is 0 Å². The summed E-state index contributed by atoms with van der Waals surface area (Å²) in [5.74, 6) is 2.08. The molecule has 0 saturated carbocycles. The Morgan fingerprint density at radius 1 is 0.595 bits per heavy atom. The predicted octanol–water partition coefficient (Wildman–Crippen LogP) is 12.9. The first kappa shape index (κ1) is 36.2. The number of rotatable bonds is 27. The normalized spacial score (nSPS) is 11.4. The minimum Gasteiger partial charge on any atom is -0.494 e. The van der Waals surface area contributed by atoms with Gasteiger partial charge in [-0.3, -0.25) is 4.79 Å². The maximum Gasteiger partial charge on any atom is 0.185 e. The van der Waals surface area contributed by atoms with Crippen LogP contribution in [0.4, 0.5) is 0 Å². The maximum atomic E-state index is 12.6. The smallest absolute Gasteiger partial charge is 0.185 e. The average molecular weight is 593 g/mol. The summed E-state index contributed by atoms with van der Waals surface area (Å²) in [5.41, 5.74) is 1.74. The molecule has 2 aromatic rings. The Hall–Kier alpha value is -2.00. The molecule has 0 radical (unpaired) electrons. The SMILES string of the molecule is CCCCCCCCCCCCCCCCCCCCSc1ccc(C(=O)/C=C/c2ccc(OCCCC)cc2)cc1. The second-order valence-electron chi connectivity index (χ2n) is 11.9. The van der Waals surface area contributed by atoms with Crippen molar-refractivity contribution in [2.24, 2.45) is 0 Å². The third kappa shape index (κ3) is 18.5. The first-order valence-electron chi connectivity index (χ1n) is 17.4. The molecule has 0 saturated heterocycles. The Morgan fingerprint density at radius 2 is 1.07 bits per heavy atom. The van der Waals surface area contributed by atoms with Gasteiger partial charge >= 0.3 is 0 Å². The molecule has 0 amide bonds. The van der Waals surface area contributed by atoms with Crippen molar-refractivity contribution < 1.29 is 9.53 Å². The van der Waals surface area contributed by atoms with Crippen LogP contribution in [0.1, 0.15) is 158 Å². The third-order valence-electron chi connectivity index (χ3n) is 7.98. The Kier molecular flexibility index (Phi) is 22.0. The van der Waals surface area contributed by atoms with E-state index in [4.69, 9.17) is 4.74 Å². The van der Waals surface area contributed by atoms with Gasteiger partial charge in [-0.15, -0.1) is 11.8 Å². The van der Waals surface area contributed by atoms with Crippen LogP contribution >= 0.6 is 11.8 Å². The van der Waals surface area contributed by atoms with Gasteiger partial charge in [0, 0.05) is 10.5 Å². The fourth-order valence-electron chi connectivity index (χ4n) is 5.19. The van der Waals surface area contributed by atoms with Gasteiger partial charge in [-0.2, -0.15) is 0 Å². The first-order chi connectivity index (χ1) is 20.7. The van der Waals surface area contributed by atoms with E-state index in [2.05, 4.69) is 26.0 Å². The molecule has 0 N–H and O–H groups in total. The number of ether oxygens (including phenoxy) is 1. The van der Waals surface area contributed by atoms with Crippen molar-refractivity contribution in [1.29, 1.82) is 0 Å². The lowest BCUT2D eigenvalue weighted by atomic mass is 10.0. The number of carbonyl (C=O) groups is 1. The van der Waals surface area contributed by atoms with E-state index in [-0.39, 0.29) is 5.78 Å². The number of unbranched alkanes of at least 4 members (excludes halogenated alkanes) is 18. The highest BCUT2D eigenvalue weighted by Crippen LogP contribution is 2.22. The van der Waals surface area contributed by atoms with Crippen molar-refractivity contribution in [3.63, 3.8) is 0 Å². The highest BCUT2D eigenvalue weighted by Gasteiger charge is 2.03. The van der Waals surface area contributed by atoms with Crippen LogP contribution in [-0.4, -0.2) is 18.1 Å². The molecule has 2 nitrogen and oxygen atoms in total. The van der Waals surface area contributed by atoms with Crippen LogP contribution in [0.25, 0.3) is 6.08 Å². The quantitative estimate of drug-likeness (QED) is 0.0447. The van der Waals surface area contributed by atoms with Crippen LogP contribution in [0, 0.1) is 0 Å². The standard InChI is InChI=1S/C39H60O2S/c1-3-5-7-8-9-10-11-12-13-14-15-16-17-18-19-20-21-22-34-42-38-30-26-36(27-31-38)39(40)32-25-35-23-28-37(29-24-35)41-33-6-4-2/h23-32H,3-22,33-34H2,1-2H3/b32-25+. The zero-order chi connectivity index (χ0) is 29.9. The summed E-state index contributed by atoms with van der Waals surface area (Å²) in [7, 11) is 0. The van der Waals surface area contributed by atoms with E-state index in [1.165, 1.54) is 120 Å². The largest absolute Gasteiger partial charge is 0.494 e. The molecular formula is C39H60O2S. The number of allylic oxidation sites excluding steroid dienone is 1. The summed E-state index contributed by atoms with van der Waals surface area (Å²) >= 11 is 1.91. The molecular weight excluding hydrogens is 532 g/mol. The van der Waals surface area contributed by atoms with E-state index in [1.807, 2.05) is 54.2 Å². The van der Waals surface area contributed by atoms with E-state index < -0.39 is 0 Å². The molecule has 0 aromatic heterocycles. The summed E-state index contributed by atoms with van der Waals surface area (Å²) in [6.07, 6.45) is 31.2. The van der Waals surface area contributed by atoms with Crippen molar-refractivity contribution in [2.45, 2.75) is 147 Å². The molecule has 0 unspecified atom stereocenters. The van der Waals surface area contributed by atoms with Crippen LogP contribution in [0.5, 0.6) is 5.75 Å². The average Bonchev–Trinajstić information content (AvgIpc) is 3.02. The number of hydrogen-bond donors (Lipinski definition) is 0. The molecule has 0 heterocycles. The summed E-state index contributed by atoms with van der Waals surface area (Å²) < 4.78 is 5.71. The molecule has 0 spiro atoms. The van der Waals surface area contributed by atoms with Gasteiger partial charge in [-0.1, -0.05) is 148 Å². The number of ketones is 1. The first-order valence-corrected chi connectivity index (χ1v) is 18.4. The molecule has 0 aliphatic rings. The van der Waals surface area contributed by atoms with Gasteiger partial charge in [0.15, 0.2) is 5.78 Å². The van der Waals surface area contributed by atoms with Gasteiger partial charge in [0.05, 0.1) is 6.61 Å². The van der Waals surface area contributed by atoms with Crippen LogP contribution in [0.15, 0.2) is 59.5 Å². The fourth-order valence-corrected chi connectivity index (χ4v) is 6.10. The molecule has 2 aromatic carbocycles. The number of carbonyl (C=O) groups excluding carboxylic acids is 1. The van der Waals surface area contributed by atoms with E-state index in [0.29, 0.717) is 0 Å². The molecule has 0 aliphatic carbocycles. The van der Waals surface area contributed by atoms with Gasteiger partial charge < -0.3 is 4.74 Å². The van der Waals surface area contributed by atoms with Crippen LogP contribution in [0.3, 0.4) is 0 Å². The lowest BCUT2D eigenvalue weighted by molar-refractivity contribution is 0.104. The lowest BCUT2D eigenvalue weighted by Gasteiger charge is -2.05. The molecule has 3 heteroatoms. The Morgan fingerprint density at radius 3 is 1.57 bits per heavy atom. The van der Waals surface area contributed by atoms with E-state index in [0.717, 1.165) is 42.1 Å². The van der Waals surface area contributed by atoms with Crippen molar-refractivity contribution in [3.05, 3.63) is 65.7 Å². The van der Waals surface area contributed by atoms with E-state index in [1.54, 1.807) is 6.08 Å².